The van der Waals surface area contributed by atoms with E-state index >= 15 is 0 Å². The first-order valence-electron chi connectivity index (χ1n) is 10.5. The Labute approximate surface area is 179 Å². The number of hydrogen-bond donors (Lipinski definition) is 0. The lowest BCUT2D eigenvalue weighted by molar-refractivity contribution is -0.382. The number of carbonyl (C=O) groups is 1. The van der Waals surface area contributed by atoms with Crippen LogP contribution in [0.3, 0.4) is 0 Å². The van der Waals surface area contributed by atoms with Gasteiger partial charge in [-0.15, -0.1) is 0 Å². The maximum absolute atomic E-state index is 12.3. The molecule has 8 heteroatoms. The first-order valence-corrected chi connectivity index (χ1v) is 13.4. The van der Waals surface area contributed by atoms with Crippen molar-refractivity contribution in [2.24, 2.45) is 0 Å². The molecule has 3 heterocycles. The van der Waals surface area contributed by atoms with E-state index in [-0.39, 0.29) is 17.4 Å². The van der Waals surface area contributed by atoms with E-state index in [4.69, 9.17) is 28.1 Å². The third-order valence-electron chi connectivity index (χ3n) is 6.77. The highest BCUT2D eigenvalue weighted by Gasteiger charge is 2.65. The number of rotatable bonds is 4. The Morgan fingerprint density at radius 2 is 1.87 bits per heavy atom. The lowest BCUT2D eigenvalue weighted by atomic mass is 9.91. The fourth-order valence-electron chi connectivity index (χ4n) is 4.03. The molecule has 6 atom stereocenters. The van der Waals surface area contributed by atoms with Crippen LogP contribution in [0.4, 0.5) is 0 Å². The molecular weight excluding hydrogens is 404 g/mol. The second-order valence-corrected chi connectivity index (χ2v) is 14.5. The first-order chi connectivity index (χ1) is 14.1. The molecule has 0 bridgehead atoms. The molecule has 1 aromatic carbocycles. The van der Waals surface area contributed by atoms with Gasteiger partial charge >= 0.3 is 5.97 Å². The maximum Gasteiger partial charge on any atom is 0.312 e. The van der Waals surface area contributed by atoms with Crippen LogP contribution in [0.1, 0.15) is 39.0 Å². The van der Waals surface area contributed by atoms with Crippen molar-refractivity contribution in [2.75, 3.05) is 13.7 Å². The highest BCUT2D eigenvalue weighted by Crippen LogP contribution is 2.48. The van der Waals surface area contributed by atoms with Gasteiger partial charge in [-0.2, -0.15) is 0 Å². The quantitative estimate of drug-likeness (QED) is 0.528. The van der Waals surface area contributed by atoms with Gasteiger partial charge in [-0.1, -0.05) is 51.1 Å². The van der Waals surface area contributed by atoms with Crippen molar-refractivity contribution in [3.63, 3.8) is 0 Å². The molecule has 4 rings (SSSR count). The van der Waals surface area contributed by atoms with Crippen molar-refractivity contribution in [3.8, 4) is 0 Å². The Balaban J connectivity index is 1.68. The summed E-state index contributed by atoms with van der Waals surface area (Å²) in [6.45, 7) is 11.2. The molecule has 3 aliphatic rings. The number of fused-ring (bicyclic) bond motifs is 2. The molecule has 0 amide bonds. The van der Waals surface area contributed by atoms with Gasteiger partial charge in [0.15, 0.2) is 20.7 Å². The summed E-state index contributed by atoms with van der Waals surface area (Å²) in [4.78, 5) is 12.3. The fraction of sp³-hybridized carbons (Fsp3) is 0.682. The summed E-state index contributed by atoms with van der Waals surface area (Å²) in [6, 6.07) is 9.78. The van der Waals surface area contributed by atoms with Gasteiger partial charge in [-0.05, 0) is 18.1 Å². The standard InChI is InChI=1S/C22H32O7Si/c1-21(2,3)30(5,6)29-18-17-15(28-22(24-4)12-16(23)26-19(18)22)13-25-20(27-17)14-10-8-7-9-11-14/h7-11,15,17-20H,12-13H2,1-6H3/t15?,17-,18?,19?,20?,22+/m1/s1. The van der Waals surface area contributed by atoms with Crippen molar-refractivity contribution < 1.29 is 32.9 Å². The molecular formula is C22H32O7Si. The van der Waals surface area contributed by atoms with Crippen LogP contribution in [0.2, 0.25) is 18.1 Å². The number of methoxy groups -OCH3 is 1. The predicted molar refractivity (Wildman–Crippen MR) is 111 cm³/mol. The summed E-state index contributed by atoms with van der Waals surface area (Å²) in [5.74, 6) is -1.54. The van der Waals surface area contributed by atoms with Crippen molar-refractivity contribution in [2.45, 2.75) is 81.8 Å². The normalized spacial score (nSPS) is 36.7. The zero-order valence-corrected chi connectivity index (χ0v) is 19.5. The molecule has 0 radical (unpaired) electrons. The summed E-state index contributed by atoms with van der Waals surface area (Å²) in [7, 11) is -0.683. The van der Waals surface area contributed by atoms with E-state index in [1.807, 2.05) is 30.3 Å². The molecule has 7 nitrogen and oxygen atoms in total. The number of carbonyl (C=O) groups excluding carboxylic acids is 1. The maximum atomic E-state index is 12.3. The van der Waals surface area contributed by atoms with Gasteiger partial charge in [0.1, 0.15) is 24.7 Å². The van der Waals surface area contributed by atoms with E-state index in [2.05, 4.69) is 33.9 Å². The zero-order chi connectivity index (χ0) is 21.7. The number of ether oxygens (including phenoxy) is 5. The van der Waals surface area contributed by atoms with Crippen molar-refractivity contribution >= 4 is 14.3 Å². The van der Waals surface area contributed by atoms with Crippen molar-refractivity contribution in [3.05, 3.63) is 35.9 Å². The van der Waals surface area contributed by atoms with Gasteiger partial charge in [0.05, 0.1) is 6.61 Å². The molecule has 3 saturated heterocycles. The second-order valence-electron chi connectivity index (χ2n) is 9.78. The SMILES string of the molecule is CO[C@]12CC(=O)OC1C(O[Si](C)(C)C(C)(C)C)[C@@H]1OC(c3ccccc3)OCC1O2. The molecule has 3 aliphatic heterocycles. The van der Waals surface area contributed by atoms with Gasteiger partial charge in [0.2, 0.25) is 5.79 Å². The molecule has 0 saturated carbocycles. The van der Waals surface area contributed by atoms with Gasteiger partial charge in [-0.25, -0.2) is 0 Å². The molecule has 0 spiro atoms. The third kappa shape index (κ3) is 3.74. The summed E-state index contributed by atoms with van der Waals surface area (Å²) in [6.07, 6.45) is -2.58. The van der Waals surface area contributed by atoms with Crippen LogP contribution in [0, 0.1) is 0 Å². The van der Waals surface area contributed by atoms with Crippen LogP contribution in [0.25, 0.3) is 0 Å². The summed E-state index contributed by atoms with van der Waals surface area (Å²) in [5, 5.41) is -0.0247. The summed E-state index contributed by atoms with van der Waals surface area (Å²) in [5.41, 5.74) is 0.925. The minimum absolute atomic E-state index is 0.0247. The zero-order valence-electron chi connectivity index (χ0n) is 18.5. The smallest absolute Gasteiger partial charge is 0.312 e. The van der Waals surface area contributed by atoms with E-state index in [1.165, 1.54) is 7.11 Å². The van der Waals surface area contributed by atoms with E-state index in [0.717, 1.165) is 5.56 Å². The first kappa shape index (κ1) is 21.9. The number of benzene rings is 1. The van der Waals surface area contributed by atoms with E-state index in [9.17, 15) is 4.79 Å². The van der Waals surface area contributed by atoms with Crippen LogP contribution < -0.4 is 0 Å². The Morgan fingerprint density at radius 3 is 2.50 bits per heavy atom. The van der Waals surface area contributed by atoms with Crippen LogP contribution in [-0.2, 0) is 32.9 Å². The van der Waals surface area contributed by atoms with Crippen molar-refractivity contribution in [1.82, 2.24) is 0 Å². The van der Waals surface area contributed by atoms with Crippen LogP contribution >= 0.6 is 0 Å². The number of esters is 1. The Morgan fingerprint density at radius 1 is 1.17 bits per heavy atom. The highest BCUT2D eigenvalue weighted by molar-refractivity contribution is 6.74. The van der Waals surface area contributed by atoms with Gasteiger partial charge < -0.3 is 28.1 Å². The lowest BCUT2D eigenvalue weighted by Gasteiger charge is -2.53. The van der Waals surface area contributed by atoms with E-state index in [1.54, 1.807) is 0 Å². The third-order valence-corrected chi connectivity index (χ3v) is 11.2. The minimum atomic E-state index is -2.22. The van der Waals surface area contributed by atoms with Gasteiger partial charge in [0, 0.05) is 12.7 Å². The second kappa shape index (κ2) is 7.69. The predicted octanol–water partition coefficient (Wildman–Crippen LogP) is 3.55. The Hall–Kier alpha value is -1.29. The fourth-order valence-corrected chi connectivity index (χ4v) is 5.33. The van der Waals surface area contributed by atoms with Crippen molar-refractivity contribution in [1.29, 1.82) is 0 Å². The molecule has 4 unspecified atom stereocenters. The lowest BCUT2D eigenvalue weighted by Crippen LogP contribution is -2.68. The monoisotopic (exact) mass is 436 g/mol. The molecule has 30 heavy (non-hydrogen) atoms. The minimum Gasteiger partial charge on any atom is -0.454 e. The average molecular weight is 437 g/mol. The number of hydrogen-bond acceptors (Lipinski definition) is 7. The molecule has 3 fully saturated rings. The van der Waals surface area contributed by atoms with Crippen LogP contribution in [0.15, 0.2) is 30.3 Å². The van der Waals surface area contributed by atoms with Crippen LogP contribution in [-0.4, -0.2) is 58.2 Å². The van der Waals surface area contributed by atoms with Gasteiger partial charge in [0.25, 0.3) is 0 Å². The highest BCUT2D eigenvalue weighted by atomic mass is 28.4. The molecule has 1 aromatic rings. The summed E-state index contributed by atoms with van der Waals surface area (Å²) >= 11 is 0. The Bertz CT molecular complexity index is 777. The molecule has 0 aromatic heterocycles. The summed E-state index contributed by atoms with van der Waals surface area (Å²) < 4.78 is 36.8. The Kier molecular flexibility index (Phi) is 5.62. The largest absolute Gasteiger partial charge is 0.454 e. The van der Waals surface area contributed by atoms with E-state index in [0.29, 0.717) is 6.61 Å². The molecule has 0 aliphatic carbocycles. The molecule has 0 N–H and O–H groups in total. The topological polar surface area (TPSA) is 72.5 Å². The van der Waals surface area contributed by atoms with E-state index < -0.39 is 44.8 Å². The van der Waals surface area contributed by atoms with Crippen LogP contribution in [0.5, 0.6) is 0 Å². The molecule has 166 valence electrons. The van der Waals surface area contributed by atoms with Gasteiger partial charge in [-0.3, -0.25) is 4.79 Å². The average Bonchev–Trinajstić information content (AvgIpc) is 3.03.